The molecule has 0 aromatic carbocycles. The third-order valence-electron chi connectivity index (χ3n) is 14.1. The van der Waals surface area contributed by atoms with Crippen LogP contribution in [-0.4, -0.2) is 191 Å². The second-order valence-electron chi connectivity index (χ2n) is 22.8. The van der Waals surface area contributed by atoms with Crippen LogP contribution >= 0.6 is 0 Å². The molecular formula is C56H124N8. The number of hydrogen-bond acceptors (Lipinski definition) is 8. The van der Waals surface area contributed by atoms with E-state index in [-0.39, 0.29) is 0 Å². The lowest BCUT2D eigenvalue weighted by Gasteiger charge is -2.37. The molecule has 0 radical (unpaired) electrons. The molecule has 0 aliphatic heterocycles. The van der Waals surface area contributed by atoms with Gasteiger partial charge in [0, 0.05) is 145 Å². The van der Waals surface area contributed by atoms with Gasteiger partial charge < -0.3 is 4.90 Å². The van der Waals surface area contributed by atoms with Gasteiger partial charge in [0.1, 0.15) is 0 Å². The second-order valence-corrected chi connectivity index (χ2v) is 22.8. The molecule has 0 amide bonds. The van der Waals surface area contributed by atoms with Crippen LogP contribution in [0.1, 0.15) is 217 Å². The maximum Gasteiger partial charge on any atom is 0.0115 e. The first kappa shape index (κ1) is 65.8. The van der Waals surface area contributed by atoms with Crippen LogP contribution in [-0.2, 0) is 0 Å². The van der Waals surface area contributed by atoms with Crippen molar-refractivity contribution in [1.29, 1.82) is 0 Å². The number of hydrogen-bond donors (Lipinski definition) is 0. The molecule has 0 heterocycles. The van der Waals surface area contributed by atoms with Crippen LogP contribution in [0.2, 0.25) is 0 Å². The van der Waals surface area contributed by atoms with E-state index in [9.17, 15) is 0 Å². The summed E-state index contributed by atoms with van der Waals surface area (Å²) in [6, 6.07) is 6.66. The molecule has 0 saturated carbocycles. The van der Waals surface area contributed by atoms with E-state index >= 15 is 0 Å². The van der Waals surface area contributed by atoms with Gasteiger partial charge in [-0.3, -0.25) is 34.3 Å². The lowest BCUT2D eigenvalue weighted by Crippen LogP contribution is -2.49. The molecule has 388 valence electrons. The lowest BCUT2D eigenvalue weighted by atomic mass is 10.1. The van der Waals surface area contributed by atoms with Gasteiger partial charge in [-0.1, -0.05) is 58.3 Å². The Labute approximate surface area is 406 Å². The fourth-order valence-electron chi connectivity index (χ4n) is 9.83. The maximum atomic E-state index is 2.75. The molecule has 0 spiro atoms. The minimum atomic E-state index is 0.577. The Morgan fingerprint density at radius 3 is 0.625 bits per heavy atom. The summed E-state index contributed by atoms with van der Waals surface area (Å²) < 4.78 is 0. The topological polar surface area (TPSA) is 25.9 Å². The number of unbranched alkanes of at least 4 members (excludes halogenated alkanes) is 8. The monoisotopic (exact) mass is 909 g/mol. The largest absolute Gasteiger partial charge is 0.301 e. The van der Waals surface area contributed by atoms with Crippen molar-refractivity contribution in [2.24, 2.45) is 0 Å². The molecule has 8 heteroatoms. The van der Waals surface area contributed by atoms with Crippen LogP contribution in [0.5, 0.6) is 0 Å². The van der Waals surface area contributed by atoms with Gasteiger partial charge in [0.15, 0.2) is 0 Å². The molecule has 0 atom stereocenters. The first-order chi connectivity index (χ1) is 29.9. The van der Waals surface area contributed by atoms with E-state index in [0.29, 0.717) is 66.5 Å². The van der Waals surface area contributed by atoms with Crippen molar-refractivity contribution >= 4 is 0 Å². The summed E-state index contributed by atoms with van der Waals surface area (Å²) in [6.07, 6.45) is 12.7. The Hall–Kier alpha value is -0.320. The van der Waals surface area contributed by atoms with Crippen molar-refractivity contribution in [3.63, 3.8) is 0 Å². The predicted molar refractivity (Wildman–Crippen MR) is 292 cm³/mol. The Kier molecular flexibility index (Phi) is 39.6. The van der Waals surface area contributed by atoms with Crippen molar-refractivity contribution < 1.29 is 0 Å². The molecule has 8 nitrogen and oxygen atoms in total. The van der Waals surface area contributed by atoms with Crippen LogP contribution in [0, 0.1) is 0 Å². The van der Waals surface area contributed by atoms with Gasteiger partial charge in [0.2, 0.25) is 0 Å². The zero-order valence-corrected chi connectivity index (χ0v) is 48.5. The van der Waals surface area contributed by atoms with Crippen molar-refractivity contribution in [2.45, 2.75) is 283 Å². The van der Waals surface area contributed by atoms with E-state index in [0.717, 1.165) is 52.4 Å². The standard InChI is InChI=1S/C29H65N5.C27H59N3/c1-23(2)30(15-17-31(24(3)4)19-21-33(26(7)8)27(9)10)16-18-32(25(5)6)20-22-34(28(11)12)29(13)14;1-10-11-12-13-14-15-16-17-18-19-28(20-22-29(24(2)3)25(4)5)21-23-30(26(6)7)27(8)9/h23-29H,15-22H2,1-14H3;24-27H,10-23H2,1-9H3. The fraction of sp³-hybridized carbons (Fsp3) is 1.00. The van der Waals surface area contributed by atoms with E-state index in [1.165, 1.54) is 90.5 Å². The number of nitrogens with zero attached hydrogens (tertiary/aromatic N) is 8. The SMILES string of the molecule is CC(C)N(CCN(CCN(C(C)C)C(C)C)C(C)C)CCN(CCN(C(C)C)C(C)C)C(C)C.CCCCCCCCCCCN(CCN(C(C)C)C(C)C)CCN(C(C)C)C(C)C. The molecule has 0 aliphatic rings. The van der Waals surface area contributed by atoms with E-state index in [4.69, 9.17) is 0 Å². The Balaban J connectivity index is 0. The van der Waals surface area contributed by atoms with Crippen molar-refractivity contribution in [1.82, 2.24) is 39.2 Å². The van der Waals surface area contributed by atoms with Crippen molar-refractivity contribution in [3.05, 3.63) is 0 Å². The molecule has 0 fully saturated rings. The molecule has 0 rings (SSSR count). The molecule has 0 saturated heterocycles. The molecular weight excluding hydrogens is 785 g/mol. The van der Waals surface area contributed by atoms with Gasteiger partial charge >= 0.3 is 0 Å². The van der Waals surface area contributed by atoms with Gasteiger partial charge in [-0.15, -0.1) is 0 Å². The Bertz CT molecular complexity index is 913. The third kappa shape index (κ3) is 31.7. The molecule has 0 bridgehead atoms. The highest BCUT2D eigenvalue weighted by atomic mass is 15.3. The molecule has 0 unspecified atom stereocenters. The lowest BCUT2D eigenvalue weighted by molar-refractivity contribution is 0.0968. The van der Waals surface area contributed by atoms with E-state index in [1.54, 1.807) is 0 Å². The van der Waals surface area contributed by atoms with Gasteiger partial charge in [-0.05, 0) is 165 Å². The first-order valence-electron chi connectivity index (χ1n) is 27.9. The molecule has 0 aromatic rings. The highest BCUT2D eigenvalue weighted by Gasteiger charge is 2.22. The van der Waals surface area contributed by atoms with Gasteiger partial charge in [0.25, 0.3) is 0 Å². The molecule has 0 aliphatic carbocycles. The molecule has 64 heavy (non-hydrogen) atoms. The highest BCUT2D eigenvalue weighted by molar-refractivity contribution is 4.78. The fourth-order valence-corrected chi connectivity index (χ4v) is 9.83. The minimum Gasteiger partial charge on any atom is -0.301 e. The quantitative estimate of drug-likeness (QED) is 0.0563. The van der Waals surface area contributed by atoms with Crippen LogP contribution in [0.4, 0.5) is 0 Å². The Morgan fingerprint density at radius 2 is 0.406 bits per heavy atom. The zero-order chi connectivity index (χ0) is 49.5. The first-order valence-corrected chi connectivity index (χ1v) is 27.9. The maximum absolute atomic E-state index is 2.75. The Morgan fingerprint density at radius 1 is 0.203 bits per heavy atom. The smallest absolute Gasteiger partial charge is 0.0115 e. The number of rotatable bonds is 39. The summed E-state index contributed by atoms with van der Waals surface area (Å²) in [6.45, 7) is 69.0. The zero-order valence-electron chi connectivity index (χ0n) is 48.5. The summed E-state index contributed by atoms with van der Waals surface area (Å²) in [5, 5.41) is 0. The highest BCUT2D eigenvalue weighted by Crippen LogP contribution is 2.14. The van der Waals surface area contributed by atoms with Crippen LogP contribution in [0.3, 0.4) is 0 Å². The molecule has 0 N–H and O–H groups in total. The van der Waals surface area contributed by atoms with E-state index in [1.807, 2.05) is 0 Å². The van der Waals surface area contributed by atoms with E-state index < -0.39 is 0 Å². The summed E-state index contributed by atoms with van der Waals surface area (Å²) in [4.78, 5) is 21.3. The summed E-state index contributed by atoms with van der Waals surface area (Å²) in [5.41, 5.74) is 0. The summed E-state index contributed by atoms with van der Waals surface area (Å²) in [7, 11) is 0. The second kappa shape index (κ2) is 38.5. The van der Waals surface area contributed by atoms with Gasteiger partial charge in [-0.25, -0.2) is 0 Å². The third-order valence-corrected chi connectivity index (χ3v) is 14.1. The van der Waals surface area contributed by atoms with Gasteiger partial charge in [0.05, 0.1) is 0 Å². The molecule has 0 aromatic heterocycles. The predicted octanol–water partition coefficient (Wildman–Crippen LogP) is 12.4. The van der Waals surface area contributed by atoms with Crippen LogP contribution in [0.25, 0.3) is 0 Å². The summed E-state index contributed by atoms with van der Waals surface area (Å²) >= 11 is 0. The van der Waals surface area contributed by atoms with Crippen molar-refractivity contribution in [3.8, 4) is 0 Å². The average Bonchev–Trinajstić information content (AvgIpc) is 3.17. The minimum absolute atomic E-state index is 0.577. The van der Waals surface area contributed by atoms with Crippen LogP contribution < -0.4 is 0 Å². The average molecular weight is 910 g/mol. The van der Waals surface area contributed by atoms with Crippen LogP contribution in [0.15, 0.2) is 0 Å². The van der Waals surface area contributed by atoms with Crippen molar-refractivity contribution in [2.75, 3.05) is 85.1 Å². The summed E-state index contributed by atoms with van der Waals surface area (Å²) in [5.74, 6) is 0. The van der Waals surface area contributed by atoms with Gasteiger partial charge in [-0.2, -0.15) is 0 Å². The van der Waals surface area contributed by atoms with E-state index in [2.05, 4.69) is 198 Å². The normalized spacial score (nSPS) is 13.2.